The highest BCUT2D eigenvalue weighted by Gasteiger charge is 2.17. The molecule has 1 aliphatic heterocycles. The standard InChI is InChI=1S/C22H22N4O4/c1-26-20(24-21(27)10-7-15-5-3-2-4-6-15)14-17(25-26)22(28)23-16-8-9-18-19(13-16)30-12-11-29-18/h2-6,8-9,13-14H,7,10-12H2,1H3,(H,23,28)(H,24,27). The molecule has 2 heterocycles. The van der Waals surface area contributed by atoms with E-state index in [1.807, 2.05) is 30.3 Å². The first-order valence-corrected chi connectivity index (χ1v) is 9.67. The number of fused-ring (bicyclic) bond motifs is 1. The summed E-state index contributed by atoms with van der Waals surface area (Å²) in [5, 5.41) is 9.79. The number of benzene rings is 2. The van der Waals surface area contributed by atoms with Crippen LogP contribution < -0.4 is 20.1 Å². The Bertz CT molecular complexity index is 1060. The number of aryl methyl sites for hydroxylation is 2. The molecule has 2 amide bonds. The summed E-state index contributed by atoms with van der Waals surface area (Å²) >= 11 is 0. The van der Waals surface area contributed by atoms with E-state index >= 15 is 0 Å². The van der Waals surface area contributed by atoms with Crippen molar-refractivity contribution in [2.45, 2.75) is 12.8 Å². The van der Waals surface area contributed by atoms with E-state index < -0.39 is 0 Å². The molecule has 8 heteroatoms. The van der Waals surface area contributed by atoms with Crippen LogP contribution in [0.5, 0.6) is 11.5 Å². The Morgan fingerprint density at radius 3 is 2.57 bits per heavy atom. The van der Waals surface area contributed by atoms with Crippen LogP contribution in [0.2, 0.25) is 0 Å². The van der Waals surface area contributed by atoms with Crippen molar-refractivity contribution in [3.05, 3.63) is 65.9 Å². The zero-order valence-corrected chi connectivity index (χ0v) is 16.6. The van der Waals surface area contributed by atoms with Crippen LogP contribution >= 0.6 is 0 Å². The molecule has 1 aromatic heterocycles. The Morgan fingerprint density at radius 1 is 1.00 bits per heavy atom. The van der Waals surface area contributed by atoms with Crippen molar-refractivity contribution in [2.24, 2.45) is 7.05 Å². The lowest BCUT2D eigenvalue weighted by molar-refractivity contribution is -0.116. The van der Waals surface area contributed by atoms with Gasteiger partial charge in [-0.15, -0.1) is 0 Å². The fraction of sp³-hybridized carbons (Fsp3) is 0.227. The lowest BCUT2D eigenvalue weighted by atomic mass is 10.1. The van der Waals surface area contributed by atoms with Crippen LogP contribution in [0.4, 0.5) is 11.5 Å². The number of ether oxygens (including phenoxy) is 2. The van der Waals surface area contributed by atoms with Crippen LogP contribution in [0.15, 0.2) is 54.6 Å². The Balaban J connectivity index is 1.37. The molecule has 4 rings (SSSR count). The van der Waals surface area contributed by atoms with Gasteiger partial charge in [-0.2, -0.15) is 5.10 Å². The average Bonchev–Trinajstić information content (AvgIpc) is 3.13. The van der Waals surface area contributed by atoms with Crippen LogP contribution in [0.3, 0.4) is 0 Å². The predicted molar refractivity (Wildman–Crippen MR) is 112 cm³/mol. The van der Waals surface area contributed by atoms with Gasteiger partial charge in [0.15, 0.2) is 17.2 Å². The smallest absolute Gasteiger partial charge is 0.276 e. The molecule has 0 aliphatic carbocycles. The molecule has 0 radical (unpaired) electrons. The van der Waals surface area contributed by atoms with E-state index in [4.69, 9.17) is 9.47 Å². The molecular weight excluding hydrogens is 384 g/mol. The van der Waals surface area contributed by atoms with Gasteiger partial charge in [0.25, 0.3) is 5.91 Å². The summed E-state index contributed by atoms with van der Waals surface area (Å²) < 4.78 is 12.5. The normalized spacial score (nSPS) is 12.3. The fourth-order valence-electron chi connectivity index (χ4n) is 3.12. The maximum Gasteiger partial charge on any atom is 0.276 e. The van der Waals surface area contributed by atoms with Crippen molar-refractivity contribution in [1.82, 2.24) is 9.78 Å². The molecule has 8 nitrogen and oxygen atoms in total. The molecule has 1 aliphatic rings. The summed E-state index contributed by atoms with van der Waals surface area (Å²) in [5.74, 6) is 1.18. The summed E-state index contributed by atoms with van der Waals surface area (Å²) in [6, 6.07) is 16.5. The quantitative estimate of drug-likeness (QED) is 0.656. The lowest BCUT2D eigenvalue weighted by Gasteiger charge is -2.18. The molecule has 0 atom stereocenters. The topological polar surface area (TPSA) is 94.5 Å². The van der Waals surface area contributed by atoms with Gasteiger partial charge in [0, 0.05) is 31.3 Å². The predicted octanol–water partition coefficient (Wildman–Crippen LogP) is 3.01. The van der Waals surface area contributed by atoms with Crippen LogP contribution in [0.25, 0.3) is 0 Å². The van der Waals surface area contributed by atoms with E-state index in [2.05, 4.69) is 15.7 Å². The number of anilines is 2. The second-order valence-electron chi connectivity index (χ2n) is 6.88. The number of hydrogen-bond donors (Lipinski definition) is 2. The third kappa shape index (κ3) is 4.60. The zero-order valence-electron chi connectivity index (χ0n) is 16.6. The molecule has 0 bridgehead atoms. The highest BCUT2D eigenvalue weighted by Crippen LogP contribution is 2.32. The maximum atomic E-state index is 12.6. The van der Waals surface area contributed by atoms with Gasteiger partial charge >= 0.3 is 0 Å². The number of aromatic nitrogens is 2. The van der Waals surface area contributed by atoms with Gasteiger partial charge in [0.1, 0.15) is 19.0 Å². The molecule has 2 aromatic carbocycles. The molecule has 0 unspecified atom stereocenters. The largest absolute Gasteiger partial charge is 0.486 e. The van der Waals surface area contributed by atoms with Gasteiger partial charge in [-0.3, -0.25) is 14.3 Å². The number of hydrogen-bond acceptors (Lipinski definition) is 5. The van der Waals surface area contributed by atoms with E-state index in [0.717, 1.165) is 5.56 Å². The maximum absolute atomic E-state index is 12.6. The van der Waals surface area contributed by atoms with Crippen LogP contribution in [-0.2, 0) is 18.3 Å². The van der Waals surface area contributed by atoms with Gasteiger partial charge in [-0.25, -0.2) is 0 Å². The molecule has 0 spiro atoms. The van der Waals surface area contributed by atoms with Crippen molar-refractivity contribution in [2.75, 3.05) is 23.8 Å². The first kappa shape index (κ1) is 19.5. The Kier molecular flexibility index (Phi) is 5.65. The Morgan fingerprint density at radius 2 is 1.77 bits per heavy atom. The van der Waals surface area contributed by atoms with Gasteiger partial charge in [0.05, 0.1) is 0 Å². The monoisotopic (exact) mass is 406 g/mol. The number of nitrogens with zero attached hydrogens (tertiary/aromatic N) is 2. The average molecular weight is 406 g/mol. The van der Waals surface area contributed by atoms with Crippen molar-refractivity contribution in [3.8, 4) is 11.5 Å². The van der Waals surface area contributed by atoms with E-state index in [1.165, 1.54) is 4.68 Å². The van der Waals surface area contributed by atoms with Crippen LogP contribution in [0.1, 0.15) is 22.5 Å². The number of amides is 2. The Labute approximate surface area is 173 Å². The van der Waals surface area contributed by atoms with E-state index in [0.29, 0.717) is 49.1 Å². The fourth-order valence-corrected chi connectivity index (χ4v) is 3.12. The highest BCUT2D eigenvalue weighted by molar-refractivity contribution is 6.04. The number of carbonyl (C=O) groups excluding carboxylic acids is 2. The Hall–Kier alpha value is -3.81. The number of nitrogens with one attached hydrogen (secondary N) is 2. The minimum Gasteiger partial charge on any atom is -0.486 e. The first-order chi connectivity index (χ1) is 14.6. The second-order valence-corrected chi connectivity index (χ2v) is 6.88. The van der Waals surface area contributed by atoms with Crippen molar-refractivity contribution < 1.29 is 19.1 Å². The van der Waals surface area contributed by atoms with Crippen molar-refractivity contribution >= 4 is 23.3 Å². The summed E-state index contributed by atoms with van der Waals surface area (Å²) in [6.07, 6.45) is 0.982. The molecular formula is C22H22N4O4. The molecule has 154 valence electrons. The summed E-state index contributed by atoms with van der Waals surface area (Å²) in [6.45, 7) is 0.977. The minimum atomic E-state index is -0.382. The SMILES string of the molecule is Cn1nc(C(=O)Nc2ccc3c(c2)OCCO3)cc1NC(=O)CCc1ccccc1. The third-order valence-corrected chi connectivity index (χ3v) is 4.66. The highest BCUT2D eigenvalue weighted by atomic mass is 16.6. The lowest BCUT2D eigenvalue weighted by Crippen LogP contribution is -2.16. The van der Waals surface area contributed by atoms with E-state index in [1.54, 1.807) is 31.3 Å². The summed E-state index contributed by atoms with van der Waals surface area (Å²) in [7, 11) is 1.67. The van der Waals surface area contributed by atoms with Gasteiger partial charge < -0.3 is 20.1 Å². The zero-order chi connectivity index (χ0) is 20.9. The van der Waals surface area contributed by atoms with Crippen molar-refractivity contribution in [3.63, 3.8) is 0 Å². The minimum absolute atomic E-state index is 0.138. The molecule has 0 saturated heterocycles. The van der Waals surface area contributed by atoms with Crippen molar-refractivity contribution in [1.29, 1.82) is 0 Å². The number of carbonyl (C=O) groups is 2. The van der Waals surface area contributed by atoms with Gasteiger partial charge in [-0.05, 0) is 24.1 Å². The third-order valence-electron chi connectivity index (χ3n) is 4.66. The molecule has 0 fully saturated rings. The van der Waals surface area contributed by atoms with Gasteiger partial charge in [-0.1, -0.05) is 30.3 Å². The van der Waals surface area contributed by atoms with Crippen LogP contribution in [0, 0.1) is 0 Å². The first-order valence-electron chi connectivity index (χ1n) is 9.67. The van der Waals surface area contributed by atoms with Gasteiger partial charge in [0.2, 0.25) is 5.91 Å². The van der Waals surface area contributed by atoms with Crippen LogP contribution in [-0.4, -0.2) is 34.8 Å². The molecule has 3 aromatic rings. The second kappa shape index (κ2) is 8.69. The van der Waals surface area contributed by atoms with E-state index in [-0.39, 0.29) is 17.5 Å². The van der Waals surface area contributed by atoms with E-state index in [9.17, 15) is 9.59 Å². The summed E-state index contributed by atoms with van der Waals surface area (Å²) in [4.78, 5) is 24.8. The molecule has 30 heavy (non-hydrogen) atoms. The molecule has 2 N–H and O–H groups in total. The summed E-state index contributed by atoms with van der Waals surface area (Å²) in [5.41, 5.74) is 1.87. The number of rotatable bonds is 6. The molecule has 0 saturated carbocycles.